The van der Waals surface area contributed by atoms with Crippen molar-refractivity contribution < 1.29 is 13.5 Å². The first kappa shape index (κ1) is 22.2. The van der Waals surface area contributed by atoms with Gasteiger partial charge in [-0.25, -0.2) is 8.78 Å². The van der Waals surface area contributed by atoms with Gasteiger partial charge in [0.1, 0.15) is 17.4 Å². The molecule has 4 rings (SSSR count). The monoisotopic (exact) mass is 443 g/mol. The van der Waals surface area contributed by atoms with Crippen molar-refractivity contribution in [2.24, 2.45) is 10.9 Å². The van der Waals surface area contributed by atoms with Crippen molar-refractivity contribution in [3.05, 3.63) is 54.1 Å². The lowest BCUT2D eigenvalue weighted by Gasteiger charge is -2.38. The molecule has 0 radical (unpaired) electrons. The average molecular weight is 444 g/mol. The molecule has 6 nitrogen and oxygen atoms in total. The normalized spacial score (nSPS) is 19.4. The van der Waals surface area contributed by atoms with Crippen molar-refractivity contribution in [2.45, 2.75) is 6.42 Å². The fourth-order valence-corrected chi connectivity index (χ4v) is 4.50. The second-order valence-corrected chi connectivity index (χ2v) is 8.30. The van der Waals surface area contributed by atoms with Gasteiger partial charge in [0, 0.05) is 70.7 Å². The Morgan fingerprint density at radius 2 is 1.88 bits per heavy atom. The molecule has 0 aliphatic carbocycles. The lowest BCUT2D eigenvalue weighted by atomic mass is 10.1. The van der Waals surface area contributed by atoms with Gasteiger partial charge in [0.25, 0.3) is 0 Å². The maximum absolute atomic E-state index is 14.1. The van der Waals surface area contributed by atoms with Crippen LogP contribution in [-0.4, -0.2) is 70.8 Å². The third kappa shape index (κ3) is 5.06. The zero-order valence-electron chi connectivity index (χ0n) is 18.7. The van der Waals surface area contributed by atoms with Crippen LogP contribution < -0.4 is 19.9 Å². The van der Waals surface area contributed by atoms with Crippen LogP contribution in [0.4, 0.5) is 20.2 Å². The standard InChI is InChI=1S/C24H31F2N5O/c1-27-24(30-12-10-29(11-13-30)23-14-19(25)6-7-22(23)26)28-16-18-8-9-31(17-18)20-4-3-5-21(15-20)32-2/h3-7,14-15,18H,8-13,16-17H2,1-2H3,(H,27,28). The quantitative estimate of drug-likeness (QED) is 0.568. The molecule has 8 heteroatoms. The number of nitrogens with one attached hydrogen (secondary N) is 1. The summed E-state index contributed by atoms with van der Waals surface area (Å²) in [6, 6.07) is 11.8. The van der Waals surface area contributed by atoms with Gasteiger partial charge in [-0.15, -0.1) is 0 Å². The van der Waals surface area contributed by atoms with Gasteiger partial charge < -0.3 is 24.8 Å². The van der Waals surface area contributed by atoms with Crippen LogP contribution in [-0.2, 0) is 0 Å². The van der Waals surface area contributed by atoms with E-state index in [9.17, 15) is 8.78 Å². The van der Waals surface area contributed by atoms with E-state index >= 15 is 0 Å². The van der Waals surface area contributed by atoms with Crippen LogP contribution in [0.5, 0.6) is 5.75 Å². The number of piperazine rings is 1. The number of ether oxygens (including phenoxy) is 1. The molecule has 1 atom stereocenters. The van der Waals surface area contributed by atoms with Crippen LogP contribution in [0.1, 0.15) is 6.42 Å². The van der Waals surface area contributed by atoms with E-state index in [0.717, 1.165) is 43.8 Å². The fourth-order valence-electron chi connectivity index (χ4n) is 4.50. The SMILES string of the molecule is CN=C(NCC1CCN(c2cccc(OC)c2)C1)N1CCN(c2cc(F)ccc2F)CC1. The van der Waals surface area contributed by atoms with E-state index in [1.807, 2.05) is 17.0 Å². The maximum atomic E-state index is 14.1. The summed E-state index contributed by atoms with van der Waals surface area (Å²) >= 11 is 0. The van der Waals surface area contributed by atoms with Gasteiger partial charge in [0.05, 0.1) is 12.8 Å². The number of guanidine groups is 1. The Bertz CT molecular complexity index is 946. The Morgan fingerprint density at radius 3 is 2.62 bits per heavy atom. The summed E-state index contributed by atoms with van der Waals surface area (Å²) in [7, 11) is 3.48. The molecular formula is C24H31F2N5O. The van der Waals surface area contributed by atoms with Gasteiger partial charge in [-0.05, 0) is 36.6 Å². The highest BCUT2D eigenvalue weighted by molar-refractivity contribution is 5.80. The molecule has 2 heterocycles. The van der Waals surface area contributed by atoms with E-state index in [4.69, 9.17) is 4.74 Å². The molecule has 2 aliphatic heterocycles. The maximum Gasteiger partial charge on any atom is 0.193 e. The van der Waals surface area contributed by atoms with Crippen molar-refractivity contribution in [2.75, 3.05) is 69.8 Å². The minimum atomic E-state index is -0.416. The minimum Gasteiger partial charge on any atom is -0.497 e. The van der Waals surface area contributed by atoms with E-state index < -0.39 is 5.82 Å². The number of hydrogen-bond donors (Lipinski definition) is 1. The summed E-state index contributed by atoms with van der Waals surface area (Å²) in [5.74, 6) is 1.47. The lowest BCUT2D eigenvalue weighted by molar-refractivity contribution is 0.367. The molecule has 1 N–H and O–H groups in total. The van der Waals surface area contributed by atoms with Crippen molar-refractivity contribution in [3.63, 3.8) is 0 Å². The van der Waals surface area contributed by atoms with Gasteiger partial charge in [-0.1, -0.05) is 6.07 Å². The van der Waals surface area contributed by atoms with Gasteiger partial charge in [0.15, 0.2) is 5.96 Å². The number of nitrogens with zero attached hydrogens (tertiary/aromatic N) is 4. The molecule has 0 spiro atoms. The van der Waals surface area contributed by atoms with Crippen molar-refractivity contribution in [1.82, 2.24) is 10.2 Å². The number of hydrogen-bond acceptors (Lipinski definition) is 4. The lowest BCUT2D eigenvalue weighted by Crippen LogP contribution is -2.53. The van der Waals surface area contributed by atoms with Crippen molar-refractivity contribution in [3.8, 4) is 5.75 Å². The summed E-state index contributed by atoms with van der Waals surface area (Å²) in [6.07, 6.45) is 1.12. The Kier molecular flexibility index (Phi) is 6.97. The van der Waals surface area contributed by atoms with Crippen LogP contribution >= 0.6 is 0 Å². The molecule has 2 aromatic carbocycles. The molecule has 32 heavy (non-hydrogen) atoms. The molecule has 0 saturated carbocycles. The summed E-state index contributed by atoms with van der Waals surface area (Å²) in [6.45, 7) is 5.51. The van der Waals surface area contributed by atoms with Crippen LogP contribution in [0.25, 0.3) is 0 Å². The molecule has 2 aliphatic rings. The van der Waals surface area contributed by atoms with Crippen molar-refractivity contribution >= 4 is 17.3 Å². The molecular weight excluding hydrogens is 412 g/mol. The minimum absolute atomic E-state index is 0.330. The summed E-state index contributed by atoms with van der Waals surface area (Å²) < 4.78 is 33.0. The Morgan fingerprint density at radius 1 is 1.06 bits per heavy atom. The Labute approximate surface area is 188 Å². The number of rotatable bonds is 5. The Hall–Kier alpha value is -3.03. The first-order chi connectivity index (χ1) is 15.6. The van der Waals surface area contributed by atoms with E-state index in [-0.39, 0.29) is 5.82 Å². The van der Waals surface area contributed by atoms with Crippen LogP contribution in [0.3, 0.4) is 0 Å². The fraction of sp³-hybridized carbons (Fsp3) is 0.458. The van der Waals surface area contributed by atoms with Crippen molar-refractivity contribution in [1.29, 1.82) is 0 Å². The first-order valence-electron chi connectivity index (χ1n) is 11.1. The third-order valence-corrected chi connectivity index (χ3v) is 6.29. The van der Waals surface area contributed by atoms with Crippen LogP contribution in [0, 0.1) is 17.6 Å². The van der Waals surface area contributed by atoms with Gasteiger partial charge in [0.2, 0.25) is 0 Å². The van der Waals surface area contributed by atoms with E-state index in [0.29, 0.717) is 37.8 Å². The number of benzene rings is 2. The molecule has 2 aromatic rings. The van der Waals surface area contributed by atoms with Gasteiger partial charge in [-0.2, -0.15) is 0 Å². The van der Waals surface area contributed by atoms with Gasteiger partial charge in [-0.3, -0.25) is 4.99 Å². The highest BCUT2D eigenvalue weighted by Crippen LogP contribution is 2.27. The second-order valence-electron chi connectivity index (χ2n) is 8.30. The highest BCUT2D eigenvalue weighted by Gasteiger charge is 2.25. The summed E-state index contributed by atoms with van der Waals surface area (Å²) in [5.41, 5.74) is 1.52. The summed E-state index contributed by atoms with van der Waals surface area (Å²) in [4.78, 5) is 10.9. The molecule has 2 fully saturated rings. The Balaban J connectivity index is 1.27. The predicted molar refractivity (Wildman–Crippen MR) is 125 cm³/mol. The summed E-state index contributed by atoms with van der Waals surface area (Å²) in [5, 5.41) is 3.52. The number of methoxy groups -OCH3 is 1. The molecule has 0 amide bonds. The molecule has 1 unspecified atom stereocenters. The average Bonchev–Trinajstić information content (AvgIpc) is 3.31. The number of aliphatic imine (C=N–C) groups is 1. The smallest absolute Gasteiger partial charge is 0.193 e. The van der Waals surface area contributed by atoms with E-state index in [1.165, 1.54) is 17.8 Å². The zero-order chi connectivity index (χ0) is 22.5. The largest absolute Gasteiger partial charge is 0.497 e. The predicted octanol–water partition coefficient (Wildman–Crippen LogP) is 3.20. The molecule has 0 bridgehead atoms. The molecule has 172 valence electrons. The van der Waals surface area contributed by atoms with Crippen LogP contribution in [0.2, 0.25) is 0 Å². The van der Waals surface area contributed by atoms with E-state index in [1.54, 1.807) is 14.2 Å². The topological polar surface area (TPSA) is 43.3 Å². The molecule has 0 aromatic heterocycles. The second kappa shape index (κ2) is 10.1. The highest BCUT2D eigenvalue weighted by atomic mass is 19.1. The van der Waals surface area contributed by atoms with Gasteiger partial charge >= 0.3 is 0 Å². The van der Waals surface area contributed by atoms with E-state index in [2.05, 4.69) is 32.2 Å². The van der Waals surface area contributed by atoms with Crippen LogP contribution in [0.15, 0.2) is 47.5 Å². The number of halogens is 2. The third-order valence-electron chi connectivity index (χ3n) is 6.29. The molecule has 2 saturated heterocycles. The number of anilines is 2. The first-order valence-corrected chi connectivity index (χ1v) is 11.1. The zero-order valence-corrected chi connectivity index (χ0v) is 18.7.